The van der Waals surface area contributed by atoms with Crippen molar-refractivity contribution in [2.24, 2.45) is 0 Å². The first-order valence-electron chi connectivity index (χ1n) is 6.68. The number of benzene rings is 2. The Morgan fingerprint density at radius 2 is 2.00 bits per heavy atom. The van der Waals surface area contributed by atoms with Crippen LogP contribution in [0.25, 0.3) is 0 Å². The smallest absolute Gasteiger partial charge is 0.226 e. The lowest BCUT2D eigenvalue weighted by Gasteiger charge is -2.26. The normalized spacial score (nSPS) is 14.4. The Balaban J connectivity index is 2.17. The van der Waals surface area contributed by atoms with Gasteiger partial charge in [0, 0.05) is 24.7 Å². The molecule has 0 saturated heterocycles. The molecule has 0 atom stereocenters. The summed E-state index contributed by atoms with van der Waals surface area (Å²) in [5, 5.41) is 2.78. The second kappa shape index (κ2) is 5.37. The third-order valence-corrected chi connectivity index (χ3v) is 3.86. The van der Waals surface area contributed by atoms with Crippen molar-refractivity contribution in [1.82, 2.24) is 0 Å². The van der Waals surface area contributed by atoms with E-state index >= 15 is 0 Å². The van der Waals surface area contributed by atoms with Gasteiger partial charge in [-0.05, 0) is 24.6 Å². The van der Waals surface area contributed by atoms with Gasteiger partial charge in [-0.2, -0.15) is 0 Å². The zero-order chi connectivity index (χ0) is 15.0. The topological polar surface area (TPSA) is 32.3 Å². The molecule has 0 spiro atoms. The van der Waals surface area contributed by atoms with Crippen molar-refractivity contribution in [1.29, 1.82) is 0 Å². The first-order valence-corrected chi connectivity index (χ1v) is 7.06. The van der Waals surface area contributed by atoms with E-state index in [1.807, 2.05) is 36.1 Å². The highest BCUT2D eigenvalue weighted by Crippen LogP contribution is 2.38. The van der Waals surface area contributed by atoms with Crippen molar-refractivity contribution < 1.29 is 9.18 Å². The van der Waals surface area contributed by atoms with E-state index in [0.717, 1.165) is 11.3 Å². The molecule has 5 heteroatoms. The second-order valence-corrected chi connectivity index (χ2v) is 5.43. The van der Waals surface area contributed by atoms with Crippen LogP contribution in [0.5, 0.6) is 0 Å². The predicted octanol–water partition coefficient (Wildman–Crippen LogP) is 4.27. The van der Waals surface area contributed by atoms with Crippen molar-refractivity contribution >= 4 is 34.6 Å². The highest BCUT2D eigenvalue weighted by molar-refractivity contribution is 6.31. The predicted molar refractivity (Wildman–Crippen MR) is 82.8 cm³/mol. The van der Waals surface area contributed by atoms with Gasteiger partial charge in [-0.15, -0.1) is 0 Å². The number of fused-ring (bicyclic) bond motifs is 1. The van der Waals surface area contributed by atoms with Crippen LogP contribution in [0.15, 0.2) is 36.4 Å². The quantitative estimate of drug-likeness (QED) is 0.853. The molecule has 3 nitrogen and oxygen atoms in total. The van der Waals surface area contributed by atoms with Gasteiger partial charge in [0.1, 0.15) is 5.82 Å². The number of amides is 1. The Morgan fingerprint density at radius 1 is 1.24 bits per heavy atom. The van der Waals surface area contributed by atoms with Gasteiger partial charge < -0.3 is 10.2 Å². The number of hydrogen-bond donors (Lipinski definition) is 1. The van der Waals surface area contributed by atoms with Gasteiger partial charge in [-0.25, -0.2) is 4.39 Å². The highest BCUT2D eigenvalue weighted by Gasteiger charge is 2.23. The van der Waals surface area contributed by atoms with Crippen molar-refractivity contribution in [2.75, 3.05) is 16.8 Å². The fraction of sp³-hybridized carbons (Fsp3) is 0.188. The maximum absolute atomic E-state index is 13.7. The fourth-order valence-corrected chi connectivity index (χ4v) is 2.68. The van der Waals surface area contributed by atoms with Crippen LogP contribution < -0.4 is 10.2 Å². The Hall–Kier alpha value is -2.07. The lowest BCUT2D eigenvalue weighted by Crippen LogP contribution is -2.19. The maximum Gasteiger partial charge on any atom is 0.226 e. The standard InChI is InChI=1S/C16H14ClFN2O/c1-10-4-2-3-5-14(10)20-7-6-16(21)19-13-9-12(18)11(17)8-15(13)20/h2-5,8-9H,6-7H2,1H3,(H,19,21). The number of para-hydroxylation sites is 1. The molecule has 0 unspecified atom stereocenters. The lowest BCUT2D eigenvalue weighted by atomic mass is 10.1. The summed E-state index contributed by atoms with van der Waals surface area (Å²) in [7, 11) is 0. The third kappa shape index (κ3) is 2.59. The van der Waals surface area contributed by atoms with Crippen molar-refractivity contribution in [3.8, 4) is 0 Å². The van der Waals surface area contributed by atoms with Crippen LogP contribution in [0, 0.1) is 12.7 Å². The van der Waals surface area contributed by atoms with Crippen molar-refractivity contribution in [3.05, 3.63) is 52.8 Å². The molecule has 0 radical (unpaired) electrons. The molecule has 0 aromatic heterocycles. The molecule has 1 aliphatic rings. The highest BCUT2D eigenvalue weighted by atomic mass is 35.5. The first-order chi connectivity index (χ1) is 10.1. The van der Waals surface area contributed by atoms with E-state index in [2.05, 4.69) is 5.32 Å². The largest absolute Gasteiger partial charge is 0.339 e. The molecule has 21 heavy (non-hydrogen) atoms. The monoisotopic (exact) mass is 304 g/mol. The number of rotatable bonds is 1. The van der Waals surface area contributed by atoms with E-state index in [4.69, 9.17) is 11.6 Å². The van der Waals surface area contributed by atoms with E-state index in [1.54, 1.807) is 6.07 Å². The van der Waals surface area contributed by atoms with Crippen molar-refractivity contribution in [3.63, 3.8) is 0 Å². The van der Waals surface area contributed by atoms with Gasteiger partial charge in [0.2, 0.25) is 5.91 Å². The van der Waals surface area contributed by atoms with Crippen molar-refractivity contribution in [2.45, 2.75) is 13.3 Å². The van der Waals surface area contributed by atoms with Crippen LogP contribution in [0.4, 0.5) is 21.5 Å². The summed E-state index contributed by atoms with van der Waals surface area (Å²) in [5.74, 6) is -0.670. The zero-order valence-corrected chi connectivity index (χ0v) is 12.2. The Bertz CT molecular complexity index is 717. The minimum absolute atomic E-state index is 0.0449. The van der Waals surface area contributed by atoms with E-state index < -0.39 is 5.82 Å². The summed E-state index contributed by atoms with van der Waals surface area (Å²) in [5.41, 5.74) is 3.22. The maximum atomic E-state index is 13.7. The van der Waals surface area contributed by atoms with E-state index in [-0.39, 0.29) is 10.9 Å². The van der Waals surface area contributed by atoms with Crippen LogP contribution in [0.3, 0.4) is 0 Å². The minimum Gasteiger partial charge on any atom is -0.339 e. The van der Waals surface area contributed by atoms with Gasteiger partial charge in [0.05, 0.1) is 16.4 Å². The molecule has 0 bridgehead atoms. The molecule has 0 saturated carbocycles. The van der Waals surface area contributed by atoms with Crippen LogP contribution in [0.2, 0.25) is 5.02 Å². The number of hydrogen-bond acceptors (Lipinski definition) is 2. The molecular formula is C16H14ClFN2O. The average Bonchev–Trinajstić information content (AvgIpc) is 2.59. The van der Waals surface area contributed by atoms with Crippen LogP contribution in [-0.2, 0) is 4.79 Å². The third-order valence-electron chi connectivity index (χ3n) is 3.57. The molecule has 1 aliphatic heterocycles. The van der Waals surface area contributed by atoms with Gasteiger partial charge in [-0.3, -0.25) is 4.79 Å². The number of nitrogens with zero attached hydrogens (tertiary/aromatic N) is 1. The summed E-state index contributed by atoms with van der Waals surface area (Å²) in [6.45, 7) is 2.52. The zero-order valence-electron chi connectivity index (χ0n) is 11.5. The van der Waals surface area contributed by atoms with Gasteiger partial charge in [-0.1, -0.05) is 29.8 Å². The number of anilines is 3. The van der Waals surface area contributed by atoms with E-state index in [9.17, 15) is 9.18 Å². The molecule has 108 valence electrons. The molecule has 3 rings (SSSR count). The molecular weight excluding hydrogens is 291 g/mol. The van der Waals surface area contributed by atoms with Crippen LogP contribution in [0.1, 0.15) is 12.0 Å². The molecule has 0 fully saturated rings. The minimum atomic E-state index is -0.539. The number of nitrogens with one attached hydrogen (secondary N) is 1. The molecule has 2 aromatic rings. The summed E-state index contributed by atoms with van der Waals surface area (Å²) in [6, 6.07) is 10.7. The summed E-state index contributed by atoms with van der Waals surface area (Å²) in [6.07, 6.45) is 0.336. The van der Waals surface area contributed by atoms with Gasteiger partial charge in [0.15, 0.2) is 0 Å². The average molecular weight is 305 g/mol. The fourth-order valence-electron chi connectivity index (χ4n) is 2.52. The molecule has 1 N–H and O–H groups in total. The SMILES string of the molecule is Cc1ccccc1N1CCC(=O)Nc2cc(F)c(Cl)cc21. The van der Waals surface area contributed by atoms with Gasteiger partial charge in [0.25, 0.3) is 0 Å². The molecule has 0 aliphatic carbocycles. The van der Waals surface area contributed by atoms with E-state index in [1.165, 1.54) is 6.07 Å². The van der Waals surface area contributed by atoms with Crippen LogP contribution in [-0.4, -0.2) is 12.5 Å². The number of carbonyl (C=O) groups excluding carboxylic acids is 1. The number of carbonyl (C=O) groups is 1. The van der Waals surface area contributed by atoms with Gasteiger partial charge >= 0.3 is 0 Å². The first kappa shape index (κ1) is 13.9. The molecule has 2 aromatic carbocycles. The lowest BCUT2D eigenvalue weighted by molar-refractivity contribution is -0.115. The number of aryl methyl sites for hydroxylation is 1. The molecule has 1 heterocycles. The summed E-state index contributed by atoms with van der Waals surface area (Å²) in [4.78, 5) is 13.8. The van der Waals surface area contributed by atoms with Crippen LogP contribution >= 0.6 is 11.6 Å². The Kier molecular flexibility index (Phi) is 3.55. The molecule has 1 amide bonds. The number of halogens is 2. The second-order valence-electron chi connectivity index (χ2n) is 5.02. The Morgan fingerprint density at radius 3 is 2.76 bits per heavy atom. The summed E-state index contributed by atoms with van der Waals surface area (Å²) >= 11 is 5.91. The van der Waals surface area contributed by atoms with E-state index in [0.29, 0.717) is 24.3 Å². The summed E-state index contributed by atoms with van der Waals surface area (Å²) < 4.78 is 13.7. The Labute approximate surface area is 127 Å².